The molecule has 2 aliphatic carbocycles. The van der Waals surface area contributed by atoms with E-state index in [0.717, 1.165) is 24.3 Å². The van der Waals surface area contributed by atoms with Gasteiger partial charge in [0.05, 0.1) is 6.10 Å². The molecular weight excluding hydrogens is 293 g/mol. The standard InChI is InChI=1S/C16H21Cl2NO/c17-13-3-4-15(18)14(7-13)16(20)9-19-8-12-6-10-1-2-11(12)5-10/h3-4,7,10-12,16,19-20H,1-2,5-6,8-9H2. The van der Waals surface area contributed by atoms with Gasteiger partial charge in [-0.2, -0.15) is 0 Å². The zero-order valence-corrected chi connectivity index (χ0v) is 13.0. The second-order valence-corrected chi connectivity index (χ2v) is 7.12. The highest BCUT2D eigenvalue weighted by atomic mass is 35.5. The van der Waals surface area contributed by atoms with Gasteiger partial charge in [0.1, 0.15) is 0 Å². The number of aliphatic hydroxyl groups excluding tert-OH is 1. The maximum Gasteiger partial charge on any atom is 0.0929 e. The van der Waals surface area contributed by atoms with Gasteiger partial charge in [0.15, 0.2) is 0 Å². The van der Waals surface area contributed by atoms with Crippen molar-refractivity contribution in [2.45, 2.75) is 31.8 Å². The fourth-order valence-corrected chi connectivity index (χ4v) is 4.34. The summed E-state index contributed by atoms with van der Waals surface area (Å²) in [5, 5.41) is 14.8. The molecule has 0 radical (unpaired) electrons. The smallest absolute Gasteiger partial charge is 0.0929 e. The van der Waals surface area contributed by atoms with Crippen LogP contribution in [0.1, 0.15) is 37.4 Å². The van der Waals surface area contributed by atoms with E-state index in [9.17, 15) is 5.11 Å². The lowest BCUT2D eigenvalue weighted by Gasteiger charge is -2.23. The molecule has 0 saturated heterocycles. The molecule has 1 aromatic carbocycles. The normalized spacial score (nSPS) is 29.9. The third-order valence-electron chi connectivity index (χ3n) is 4.95. The van der Waals surface area contributed by atoms with E-state index in [1.165, 1.54) is 25.7 Å². The molecule has 2 fully saturated rings. The van der Waals surface area contributed by atoms with Crippen molar-refractivity contribution in [2.24, 2.45) is 17.8 Å². The Hall–Kier alpha value is -0.280. The quantitative estimate of drug-likeness (QED) is 0.859. The summed E-state index contributed by atoms with van der Waals surface area (Å²) in [4.78, 5) is 0. The number of aliphatic hydroxyl groups is 1. The van der Waals surface area contributed by atoms with Crippen molar-refractivity contribution in [3.8, 4) is 0 Å². The van der Waals surface area contributed by atoms with Gasteiger partial charge in [-0.15, -0.1) is 0 Å². The van der Waals surface area contributed by atoms with Crippen LogP contribution in [0.3, 0.4) is 0 Å². The van der Waals surface area contributed by atoms with Crippen LogP contribution in [-0.2, 0) is 0 Å². The highest BCUT2D eigenvalue weighted by Gasteiger charge is 2.38. The number of hydrogen-bond acceptors (Lipinski definition) is 2. The van der Waals surface area contributed by atoms with E-state index in [4.69, 9.17) is 23.2 Å². The van der Waals surface area contributed by atoms with Crippen LogP contribution in [-0.4, -0.2) is 18.2 Å². The number of fused-ring (bicyclic) bond motifs is 2. The van der Waals surface area contributed by atoms with Crippen molar-refractivity contribution in [2.75, 3.05) is 13.1 Å². The molecule has 2 bridgehead atoms. The first-order valence-electron chi connectivity index (χ1n) is 7.47. The van der Waals surface area contributed by atoms with Gasteiger partial charge in [0.25, 0.3) is 0 Å². The molecule has 1 aromatic rings. The van der Waals surface area contributed by atoms with Crippen molar-refractivity contribution >= 4 is 23.2 Å². The van der Waals surface area contributed by atoms with Crippen LogP contribution in [0.2, 0.25) is 10.0 Å². The van der Waals surface area contributed by atoms with Gasteiger partial charge in [-0.3, -0.25) is 0 Å². The number of rotatable bonds is 5. The minimum absolute atomic E-state index is 0.536. The predicted octanol–water partition coefficient (Wildman–Crippen LogP) is 4.05. The monoisotopic (exact) mass is 313 g/mol. The maximum absolute atomic E-state index is 10.2. The second kappa shape index (κ2) is 6.23. The van der Waals surface area contributed by atoms with Crippen molar-refractivity contribution in [1.82, 2.24) is 5.32 Å². The Labute approximate surface area is 130 Å². The predicted molar refractivity (Wildman–Crippen MR) is 83.2 cm³/mol. The second-order valence-electron chi connectivity index (χ2n) is 6.27. The highest BCUT2D eigenvalue weighted by Crippen LogP contribution is 2.47. The molecule has 0 aliphatic heterocycles. The van der Waals surface area contributed by atoms with Crippen molar-refractivity contribution < 1.29 is 5.11 Å². The fourth-order valence-electron chi connectivity index (χ4n) is 3.91. The molecule has 4 unspecified atom stereocenters. The van der Waals surface area contributed by atoms with Gasteiger partial charge in [0.2, 0.25) is 0 Å². The molecule has 0 amide bonds. The Morgan fingerprint density at radius 2 is 2.10 bits per heavy atom. The molecule has 4 heteroatoms. The first-order chi connectivity index (χ1) is 9.63. The lowest BCUT2D eigenvalue weighted by molar-refractivity contribution is 0.170. The average Bonchev–Trinajstić information content (AvgIpc) is 3.04. The molecule has 0 heterocycles. The lowest BCUT2D eigenvalue weighted by atomic mass is 9.89. The average molecular weight is 314 g/mol. The molecule has 2 nitrogen and oxygen atoms in total. The summed E-state index contributed by atoms with van der Waals surface area (Å²) in [7, 11) is 0. The molecule has 4 atom stereocenters. The van der Waals surface area contributed by atoms with E-state index in [1.807, 2.05) is 0 Å². The molecule has 110 valence electrons. The van der Waals surface area contributed by atoms with Gasteiger partial charge in [-0.25, -0.2) is 0 Å². The molecule has 2 N–H and O–H groups in total. The van der Waals surface area contributed by atoms with E-state index < -0.39 is 6.10 Å². The number of hydrogen-bond donors (Lipinski definition) is 2. The molecule has 20 heavy (non-hydrogen) atoms. The molecular formula is C16H21Cl2NO. The largest absolute Gasteiger partial charge is 0.387 e. The van der Waals surface area contributed by atoms with E-state index >= 15 is 0 Å². The first kappa shape index (κ1) is 14.6. The Bertz CT molecular complexity index is 480. The van der Waals surface area contributed by atoms with E-state index in [2.05, 4.69) is 5.32 Å². The van der Waals surface area contributed by atoms with Gasteiger partial charge in [-0.1, -0.05) is 29.6 Å². The fraction of sp³-hybridized carbons (Fsp3) is 0.625. The van der Waals surface area contributed by atoms with E-state index in [0.29, 0.717) is 22.2 Å². The summed E-state index contributed by atoms with van der Waals surface area (Å²) in [6.07, 6.45) is 5.03. The van der Waals surface area contributed by atoms with E-state index in [1.54, 1.807) is 18.2 Å². The van der Waals surface area contributed by atoms with Crippen LogP contribution in [0.25, 0.3) is 0 Å². The van der Waals surface area contributed by atoms with Crippen LogP contribution >= 0.6 is 23.2 Å². The Balaban J connectivity index is 1.49. The Morgan fingerprint density at radius 1 is 1.25 bits per heavy atom. The van der Waals surface area contributed by atoms with Gasteiger partial charge in [-0.05, 0) is 61.8 Å². The SMILES string of the molecule is OC(CNCC1CC2CCC1C2)c1cc(Cl)ccc1Cl. The zero-order chi connectivity index (χ0) is 14.1. The highest BCUT2D eigenvalue weighted by molar-refractivity contribution is 6.33. The number of benzene rings is 1. The van der Waals surface area contributed by atoms with Gasteiger partial charge >= 0.3 is 0 Å². The third kappa shape index (κ3) is 3.14. The van der Waals surface area contributed by atoms with Crippen molar-refractivity contribution in [1.29, 1.82) is 0 Å². The summed E-state index contributed by atoms with van der Waals surface area (Å²) in [5.41, 5.74) is 0.708. The van der Waals surface area contributed by atoms with Crippen LogP contribution in [0.4, 0.5) is 0 Å². The molecule has 0 spiro atoms. The van der Waals surface area contributed by atoms with Crippen LogP contribution in [0.15, 0.2) is 18.2 Å². The van der Waals surface area contributed by atoms with Crippen LogP contribution < -0.4 is 5.32 Å². The first-order valence-corrected chi connectivity index (χ1v) is 8.23. The summed E-state index contributed by atoms with van der Waals surface area (Å²) in [6.45, 7) is 1.55. The summed E-state index contributed by atoms with van der Waals surface area (Å²) < 4.78 is 0. The summed E-state index contributed by atoms with van der Waals surface area (Å²) in [5.74, 6) is 2.69. The minimum atomic E-state index is -0.597. The van der Waals surface area contributed by atoms with E-state index in [-0.39, 0.29) is 0 Å². The zero-order valence-electron chi connectivity index (χ0n) is 11.5. The minimum Gasteiger partial charge on any atom is -0.387 e. The van der Waals surface area contributed by atoms with Crippen molar-refractivity contribution in [3.63, 3.8) is 0 Å². The van der Waals surface area contributed by atoms with Gasteiger partial charge < -0.3 is 10.4 Å². The lowest BCUT2D eigenvalue weighted by Crippen LogP contribution is -2.30. The molecule has 0 aromatic heterocycles. The van der Waals surface area contributed by atoms with Crippen molar-refractivity contribution in [3.05, 3.63) is 33.8 Å². The number of nitrogens with one attached hydrogen (secondary N) is 1. The Morgan fingerprint density at radius 3 is 2.80 bits per heavy atom. The topological polar surface area (TPSA) is 32.3 Å². The van der Waals surface area contributed by atoms with Crippen LogP contribution in [0.5, 0.6) is 0 Å². The maximum atomic E-state index is 10.2. The molecule has 2 aliphatic rings. The number of halogens is 2. The molecule has 2 saturated carbocycles. The third-order valence-corrected chi connectivity index (χ3v) is 5.53. The molecule has 3 rings (SSSR count). The Kier molecular flexibility index (Phi) is 4.56. The van der Waals surface area contributed by atoms with Crippen LogP contribution in [0, 0.1) is 17.8 Å². The van der Waals surface area contributed by atoms with Gasteiger partial charge in [0, 0.05) is 22.2 Å². The summed E-state index contributed by atoms with van der Waals surface area (Å²) in [6, 6.07) is 5.22. The summed E-state index contributed by atoms with van der Waals surface area (Å²) >= 11 is 12.1.